The second-order valence-corrected chi connectivity index (χ2v) is 30.6. The van der Waals surface area contributed by atoms with E-state index in [0.717, 1.165) is 25.0 Å². The lowest BCUT2D eigenvalue weighted by molar-refractivity contribution is -0.121. The Bertz CT molecular complexity index is 932. The number of rotatable bonds is 14. The second-order valence-electron chi connectivity index (χ2n) is 16.4. The Morgan fingerprint density at radius 3 is 1.52 bits per heavy atom. The number of aryl methyl sites for hydroxylation is 1. The van der Waals surface area contributed by atoms with Gasteiger partial charge in [-0.15, -0.1) is 0 Å². The highest BCUT2D eigenvalue weighted by Crippen LogP contribution is 2.41. The SMILES string of the molecule is CC[C@H](C[C@@H](CC(=O)CCc1ccc(O[Si](C)(C)C(C)(C)C)cc1)O[Si](C)(C)C(C)(C)C)O[Si](C)(C)C(C)(C)C. The van der Waals surface area contributed by atoms with Crippen molar-refractivity contribution in [2.45, 2.75) is 168 Å². The monoisotopic (exact) mass is 608 g/mol. The molecule has 1 rings (SSSR count). The number of hydrogen-bond acceptors (Lipinski definition) is 4. The van der Waals surface area contributed by atoms with E-state index in [9.17, 15) is 4.79 Å². The van der Waals surface area contributed by atoms with Gasteiger partial charge in [-0.05, 0) is 91.4 Å². The van der Waals surface area contributed by atoms with Crippen LogP contribution in [0.15, 0.2) is 24.3 Å². The van der Waals surface area contributed by atoms with Crippen LogP contribution in [0.1, 0.15) is 100 Å². The van der Waals surface area contributed by atoms with Gasteiger partial charge in [0.1, 0.15) is 11.5 Å². The van der Waals surface area contributed by atoms with Crippen LogP contribution in [-0.2, 0) is 20.1 Å². The molecule has 0 fully saturated rings. The molecular formula is C33H64O4Si3. The number of benzene rings is 1. The molecule has 0 aliphatic rings. The number of hydrogen-bond donors (Lipinski definition) is 0. The van der Waals surface area contributed by atoms with E-state index in [0.29, 0.717) is 12.8 Å². The fourth-order valence-electron chi connectivity index (χ4n) is 3.76. The van der Waals surface area contributed by atoms with Gasteiger partial charge in [-0.3, -0.25) is 4.79 Å². The Morgan fingerprint density at radius 1 is 0.700 bits per heavy atom. The normalized spacial score (nSPS) is 15.6. The van der Waals surface area contributed by atoms with Gasteiger partial charge in [0.15, 0.2) is 16.6 Å². The fraction of sp³-hybridized carbons (Fsp3) is 0.788. The molecule has 4 nitrogen and oxygen atoms in total. The highest BCUT2D eigenvalue weighted by Gasteiger charge is 2.42. The molecule has 7 heteroatoms. The molecule has 1 aromatic carbocycles. The van der Waals surface area contributed by atoms with E-state index in [2.05, 4.69) is 133 Å². The molecule has 0 aliphatic heterocycles. The van der Waals surface area contributed by atoms with Crippen LogP contribution in [0.3, 0.4) is 0 Å². The van der Waals surface area contributed by atoms with E-state index in [1.807, 2.05) is 0 Å². The third-order valence-corrected chi connectivity index (χ3v) is 23.2. The summed E-state index contributed by atoms with van der Waals surface area (Å²) in [5.74, 6) is 1.20. The van der Waals surface area contributed by atoms with E-state index in [4.69, 9.17) is 13.3 Å². The van der Waals surface area contributed by atoms with Crippen molar-refractivity contribution < 1.29 is 18.1 Å². The molecule has 0 amide bonds. The molecular weight excluding hydrogens is 545 g/mol. The van der Waals surface area contributed by atoms with Crippen LogP contribution in [-0.4, -0.2) is 42.9 Å². The number of ketones is 1. The molecule has 0 unspecified atom stereocenters. The van der Waals surface area contributed by atoms with Crippen molar-refractivity contribution in [3.8, 4) is 5.75 Å². The minimum Gasteiger partial charge on any atom is -0.544 e. The van der Waals surface area contributed by atoms with Gasteiger partial charge in [0.25, 0.3) is 0 Å². The Kier molecular flexibility index (Phi) is 12.8. The van der Waals surface area contributed by atoms with Crippen LogP contribution in [0.2, 0.25) is 54.4 Å². The van der Waals surface area contributed by atoms with Gasteiger partial charge in [0, 0.05) is 18.9 Å². The molecule has 0 N–H and O–H groups in total. The van der Waals surface area contributed by atoms with Gasteiger partial charge in [-0.2, -0.15) is 0 Å². The highest BCUT2D eigenvalue weighted by molar-refractivity contribution is 6.75. The lowest BCUT2D eigenvalue weighted by atomic mass is 10.0. The summed E-state index contributed by atoms with van der Waals surface area (Å²) in [6, 6.07) is 8.35. The molecule has 0 aliphatic carbocycles. The van der Waals surface area contributed by atoms with Crippen LogP contribution < -0.4 is 4.43 Å². The second kappa shape index (κ2) is 13.7. The summed E-state index contributed by atoms with van der Waals surface area (Å²) in [6.07, 6.45) is 3.43. The molecule has 40 heavy (non-hydrogen) atoms. The zero-order valence-corrected chi connectivity index (χ0v) is 32.1. The van der Waals surface area contributed by atoms with Crippen molar-refractivity contribution in [2.24, 2.45) is 0 Å². The summed E-state index contributed by atoms with van der Waals surface area (Å²) in [4.78, 5) is 13.3. The van der Waals surface area contributed by atoms with Crippen LogP contribution in [0.5, 0.6) is 5.75 Å². The average molecular weight is 609 g/mol. The number of Topliss-reactive ketones (excluding diaryl/α,β-unsaturated/α-hetero) is 1. The van der Waals surface area contributed by atoms with Gasteiger partial charge < -0.3 is 13.3 Å². The Labute approximate surface area is 251 Å². The van der Waals surface area contributed by atoms with Crippen molar-refractivity contribution in [2.75, 3.05) is 0 Å². The maximum Gasteiger partial charge on any atom is 0.250 e. The highest BCUT2D eigenvalue weighted by atomic mass is 28.4. The number of carbonyl (C=O) groups is 1. The molecule has 232 valence electrons. The summed E-state index contributed by atoms with van der Waals surface area (Å²) in [5, 5.41) is 0.398. The van der Waals surface area contributed by atoms with Crippen molar-refractivity contribution >= 4 is 30.7 Å². The molecule has 0 radical (unpaired) electrons. The van der Waals surface area contributed by atoms with Crippen LogP contribution in [0.4, 0.5) is 0 Å². The maximum atomic E-state index is 13.3. The van der Waals surface area contributed by atoms with E-state index < -0.39 is 25.0 Å². The van der Waals surface area contributed by atoms with E-state index in [1.165, 1.54) is 5.56 Å². The third kappa shape index (κ3) is 11.2. The maximum absolute atomic E-state index is 13.3. The minimum absolute atomic E-state index is 0.0878. The molecule has 2 atom stereocenters. The van der Waals surface area contributed by atoms with Gasteiger partial charge in [-0.25, -0.2) is 0 Å². The smallest absolute Gasteiger partial charge is 0.250 e. The third-order valence-electron chi connectivity index (χ3n) is 9.77. The van der Waals surface area contributed by atoms with Gasteiger partial charge >= 0.3 is 0 Å². The first kappa shape index (κ1) is 37.3. The molecule has 0 heterocycles. The topological polar surface area (TPSA) is 44.8 Å². The van der Waals surface area contributed by atoms with E-state index in [-0.39, 0.29) is 33.1 Å². The Hall–Kier alpha value is -0.739. The molecule has 0 saturated carbocycles. The average Bonchev–Trinajstić information content (AvgIpc) is 2.75. The zero-order valence-electron chi connectivity index (χ0n) is 29.1. The molecule has 0 aromatic heterocycles. The summed E-state index contributed by atoms with van der Waals surface area (Å²) in [5.41, 5.74) is 1.17. The predicted octanol–water partition coefficient (Wildman–Crippen LogP) is 10.5. The summed E-state index contributed by atoms with van der Waals surface area (Å²) >= 11 is 0. The summed E-state index contributed by atoms with van der Waals surface area (Å²) < 4.78 is 20.1. The zero-order chi connectivity index (χ0) is 31.4. The lowest BCUT2D eigenvalue weighted by Crippen LogP contribution is -2.47. The Balaban J connectivity index is 2.95. The van der Waals surface area contributed by atoms with Crippen LogP contribution in [0, 0.1) is 0 Å². The van der Waals surface area contributed by atoms with Gasteiger partial charge in [-0.1, -0.05) is 81.4 Å². The molecule has 0 spiro atoms. The fourth-order valence-corrected chi connectivity index (χ4v) is 7.61. The van der Waals surface area contributed by atoms with Crippen molar-refractivity contribution in [1.29, 1.82) is 0 Å². The largest absolute Gasteiger partial charge is 0.544 e. The first-order valence-corrected chi connectivity index (χ1v) is 24.2. The lowest BCUT2D eigenvalue weighted by Gasteiger charge is -2.42. The van der Waals surface area contributed by atoms with Crippen molar-refractivity contribution in [3.05, 3.63) is 29.8 Å². The van der Waals surface area contributed by atoms with Crippen molar-refractivity contribution in [1.82, 2.24) is 0 Å². The van der Waals surface area contributed by atoms with Crippen LogP contribution in [0.25, 0.3) is 0 Å². The quantitative estimate of drug-likeness (QED) is 0.197. The Morgan fingerprint density at radius 2 is 1.12 bits per heavy atom. The summed E-state index contributed by atoms with van der Waals surface area (Å²) in [7, 11) is -5.83. The summed E-state index contributed by atoms with van der Waals surface area (Å²) in [6.45, 7) is 36.3. The minimum atomic E-state index is -2.04. The molecule has 1 aromatic rings. The first-order chi connectivity index (χ1) is 17.8. The van der Waals surface area contributed by atoms with E-state index >= 15 is 0 Å². The van der Waals surface area contributed by atoms with Crippen LogP contribution >= 0.6 is 0 Å². The number of carbonyl (C=O) groups excluding carboxylic acids is 1. The van der Waals surface area contributed by atoms with Crippen molar-refractivity contribution in [3.63, 3.8) is 0 Å². The standard InChI is InChI=1S/C33H64O4Si3/c1-17-28(35-38(11,12)31(2,3)4)25-30(37-40(15,16)33(8,9)10)24-27(34)21-18-26-19-22-29(23-20-26)36-39(13,14)32(5,6)7/h19-20,22-23,28,30H,17-18,21,24-25H2,1-16H3/t28-,30-/m1/s1. The van der Waals surface area contributed by atoms with Gasteiger partial charge in [0.2, 0.25) is 8.32 Å². The molecule has 0 saturated heterocycles. The van der Waals surface area contributed by atoms with Gasteiger partial charge in [0.05, 0.1) is 6.10 Å². The van der Waals surface area contributed by atoms with E-state index in [1.54, 1.807) is 0 Å². The predicted molar refractivity (Wildman–Crippen MR) is 181 cm³/mol. The molecule has 0 bridgehead atoms. The first-order valence-electron chi connectivity index (χ1n) is 15.5.